The van der Waals surface area contributed by atoms with Crippen LogP contribution in [-0.4, -0.2) is 77.7 Å². The van der Waals surface area contributed by atoms with E-state index in [0.717, 1.165) is 54.9 Å². The molecule has 55 heavy (non-hydrogen) atoms. The van der Waals surface area contributed by atoms with E-state index in [1.54, 1.807) is 26.4 Å². The van der Waals surface area contributed by atoms with E-state index in [0.29, 0.717) is 48.7 Å². The summed E-state index contributed by atoms with van der Waals surface area (Å²) in [5.74, 6) is 1.77. The van der Waals surface area contributed by atoms with Gasteiger partial charge in [0.15, 0.2) is 0 Å². The van der Waals surface area contributed by atoms with Crippen molar-refractivity contribution in [2.45, 2.75) is 40.8 Å². The quantitative estimate of drug-likeness (QED) is 0.0825. The summed E-state index contributed by atoms with van der Waals surface area (Å²) in [5.41, 5.74) is 7.42. The highest BCUT2D eigenvalue weighted by molar-refractivity contribution is 14.1. The van der Waals surface area contributed by atoms with Crippen LogP contribution in [-0.2, 0) is 13.1 Å². The summed E-state index contributed by atoms with van der Waals surface area (Å²) in [6.07, 6.45) is 0. The van der Waals surface area contributed by atoms with Gasteiger partial charge in [0.05, 0.1) is 23.4 Å². The molecular weight excluding hydrogens is 806 g/mol. The molecule has 2 aliphatic rings. The van der Waals surface area contributed by atoms with Gasteiger partial charge >= 0.3 is 6.97 Å². The lowest BCUT2D eigenvalue weighted by Gasteiger charge is -2.32. The summed E-state index contributed by atoms with van der Waals surface area (Å²) in [7, 11) is 3.19. The summed E-state index contributed by atoms with van der Waals surface area (Å²) in [4.78, 5) is 9.97. The monoisotopic (exact) mass is 853 g/mol. The molecule has 7 nitrogen and oxygen atoms in total. The molecule has 7 rings (SSSR count). The minimum absolute atomic E-state index is 0.231. The molecule has 284 valence electrons. The number of rotatable bonds is 14. The second-order valence-electron chi connectivity index (χ2n) is 13.8. The maximum Gasteiger partial charge on any atom is 0.642 e. The molecule has 1 aromatic heterocycles. The topological polar surface area (TPSA) is 45.2 Å². The van der Waals surface area contributed by atoms with Crippen LogP contribution in [0.15, 0.2) is 112 Å². The number of aromatic nitrogens is 1. The highest BCUT2D eigenvalue weighted by atomic mass is 127. The maximum atomic E-state index is 18.0. The minimum Gasteiger partial charge on any atom is -0.497 e. The minimum atomic E-state index is -4.48. The summed E-state index contributed by atoms with van der Waals surface area (Å²) in [6.45, 7) is 9.57. The fourth-order valence-electron chi connectivity index (χ4n) is 7.56. The number of ether oxygens (including phenoxy) is 2. The third-order valence-corrected chi connectivity index (χ3v) is 11.9. The lowest BCUT2D eigenvalue weighted by Crippen LogP contribution is -2.53. The van der Waals surface area contributed by atoms with Crippen LogP contribution in [0.2, 0.25) is 0 Å². The number of hydrogen-bond donors (Lipinski definition) is 0. The number of nitrogens with zero attached hydrogens (tertiary/aromatic N) is 5. The molecule has 0 spiro atoms. The van der Waals surface area contributed by atoms with Gasteiger partial charge in [-0.15, -0.1) is 0 Å². The highest BCUT2D eigenvalue weighted by Gasteiger charge is 2.55. The Labute approximate surface area is 336 Å². The Balaban J connectivity index is 1.45. The average Bonchev–Trinajstić information content (AvgIpc) is 3.76. The lowest BCUT2D eigenvalue weighted by molar-refractivity contribution is -0.291. The normalized spacial score (nSPS) is 14.8. The van der Waals surface area contributed by atoms with Gasteiger partial charge in [-0.3, -0.25) is 9.80 Å². The van der Waals surface area contributed by atoms with Gasteiger partial charge < -0.3 is 27.1 Å². The van der Waals surface area contributed by atoms with Gasteiger partial charge in [0.25, 0.3) is 5.84 Å². The first-order valence-electron chi connectivity index (χ1n) is 19.0. The predicted octanol–water partition coefficient (Wildman–Crippen LogP) is 10.2. The Morgan fingerprint density at radius 1 is 0.655 bits per heavy atom. The van der Waals surface area contributed by atoms with E-state index in [1.165, 1.54) is 15.6 Å². The first-order valence-corrected chi connectivity index (χ1v) is 20.1. The Morgan fingerprint density at radius 2 is 1.11 bits per heavy atom. The molecular formula is C44H47BF2IN5O2. The van der Waals surface area contributed by atoms with Gasteiger partial charge in [0.1, 0.15) is 17.2 Å². The van der Waals surface area contributed by atoms with Crippen molar-refractivity contribution in [2.24, 2.45) is 4.99 Å². The second-order valence-corrected chi connectivity index (χ2v) is 14.9. The molecule has 2 aliphatic heterocycles. The lowest BCUT2D eigenvalue weighted by atomic mass is 9.90. The van der Waals surface area contributed by atoms with Crippen molar-refractivity contribution in [1.82, 2.24) is 14.3 Å². The van der Waals surface area contributed by atoms with Gasteiger partial charge in [0.2, 0.25) is 5.82 Å². The molecule has 5 aromatic rings. The van der Waals surface area contributed by atoms with Crippen LogP contribution in [0.4, 0.5) is 14.4 Å². The number of methoxy groups -OCH3 is 2. The number of benzene rings is 4. The molecule has 0 saturated heterocycles. The van der Waals surface area contributed by atoms with E-state index in [9.17, 15) is 0 Å². The smallest absolute Gasteiger partial charge is 0.497 e. The van der Waals surface area contributed by atoms with Gasteiger partial charge in [-0.25, -0.2) is 0 Å². The van der Waals surface area contributed by atoms with Crippen molar-refractivity contribution in [2.75, 3.05) is 40.4 Å². The van der Waals surface area contributed by atoms with E-state index in [2.05, 4.69) is 84.4 Å². The molecule has 0 radical (unpaired) electrons. The third-order valence-electron chi connectivity index (χ3n) is 10.8. The number of hydrogen-bond acceptors (Lipinski definition) is 5. The molecule has 0 N–H and O–H groups in total. The summed E-state index contributed by atoms with van der Waals surface area (Å²) >= 11 is 2.24. The standard InChI is InChI=1S/C44H47BF2IN5O2/c1-7-50(8-2)28-30-11-15-32(16-12-30)38-27-39(33-19-23-36(54-5)24-20-33)52-43(38)49-44-40(34-17-13-31(14-18-34)29-51(9-3)10-4)41(48)42(53(44)45(52,46)47)35-21-25-37(55-6)26-22-35/h11-27H,7-10,28-29H2,1-6H3. The number of fused-ring (bicyclic) bond motifs is 2. The largest absolute Gasteiger partial charge is 0.642 e. The van der Waals surface area contributed by atoms with Crippen molar-refractivity contribution >= 4 is 52.5 Å². The van der Waals surface area contributed by atoms with Crippen LogP contribution in [0.25, 0.3) is 28.0 Å². The average molecular weight is 854 g/mol. The van der Waals surface area contributed by atoms with Crippen molar-refractivity contribution in [3.8, 4) is 33.9 Å². The van der Waals surface area contributed by atoms with Crippen LogP contribution in [0.5, 0.6) is 11.5 Å². The summed E-state index contributed by atoms with van der Waals surface area (Å²) in [5, 5.41) is 0. The van der Waals surface area contributed by atoms with Crippen LogP contribution >= 0.6 is 22.6 Å². The number of halogens is 3. The molecule has 0 atom stereocenters. The fourth-order valence-corrected chi connectivity index (χ4v) is 8.69. The van der Waals surface area contributed by atoms with Crippen LogP contribution in [0.3, 0.4) is 0 Å². The number of allylic oxidation sites excluding steroid dienone is 1. The first kappa shape index (κ1) is 38.7. The summed E-state index contributed by atoms with van der Waals surface area (Å²) in [6, 6.07) is 33.0. The van der Waals surface area contributed by atoms with Crippen LogP contribution in [0.1, 0.15) is 49.9 Å². The van der Waals surface area contributed by atoms with Crippen molar-refractivity contribution in [3.05, 3.63) is 129 Å². The molecule has 11 heteroatoms. The highest BCUT2D eigenvalue weighted by Crippen LogP contribution is 2.48. The summed E-state index contributed by atoms with van der Waals surface area (Å²) < 4.78 is 50.0. The number of amidine groups is 1. The van der Waals surface area contributed by atoms with Crippen molar-refractivity contribution in [1.29, 1.82) is 0 Å². The number of aliphatic imine (C=N–C) groups is 1. The Hall–Kier alpha value is -4.59. The Morgan fingerprint density at radius 3 is 1.58 bits per heavy atom. The molecule has 3 heterocycles. The molecule has 0 saturated carbocycles. The Bertz CT molecular complexity index is 2260. The van der Waals surface area contributed by atoms with E-state index >= 15 is 8.63 Å². The van der Waals surface area contributed by atoms with Gasteiger partial charge in [-0.1, -0.05) is 76.2 Å². The van der Waals surface area contributed by atoms with E-state index in [4.69, 9.17) is 14.5 Å². The van der Waals surface area contributed by atoms with Crippen molar-refractivity contribution < 1.29 is 22.6 Å². The zero-order chi connectivity index (χ0) is 38.9. The van der Waals surface area contributed by atoms with Crippen molar-refractivity contribution in [3.63, 3.8) is 0 Å². The Kier molecular flexibility index (Phi) is 11.4. The van der Waals surface area contributed by atoms with Gasteiger partial charge in [0, 0.05) is 29.9 Å². The fraction of sp³-hybridized carbons (Fsp3) is 0.273. The van der Waals surface area contributed by atoms with Gasteiger partial charge in [-0.05, 0) is 136 Å². The molecule has 0 unspecified atom stereocenters. The second kappa shape index (κ2) is 16.3. The predicted molar refractivity (Wildman–Crippen MR) is 230 cm³/mol. The van der Waals surface area contributed by atoms with Crippen LogP contribution < -0.4 is 9.47 Å². The van der Waals surface area contributed by atoms with E-state index in [1.807, 2.05) is 66.7 Å². The third kappa shape index (κ3) is 7.29. The van der Waals surface area contributed by atoms with E-state index in [-0.39, 0.29) is 11.7 Å². The molecule has 0 amide bonds. The molecule has 0 fully saturated rings. The van der Waals surface area contributed by atoms with Crippen LogP contribution in [0, 0.1) is 0 Å². The van der Waals surface area contributed by atoms with E-state index < -0.39 is 6.97 Å². The molecule has 4 aromatic carbocycles. The first-order chi connectivity index (χ1) is 26.6. The molecule has 0 bridgehead atoms. The zero-order valence-corrected chi connectivity index (χ0v) is 34.5. The zero-order valence-electron chi connectivity index (χ0n) is 32.3. The molecule has 0 aliphatic carbocycles. The SMILES string of the molecule is CCN(CC)Cc1ccc(C2=C(I)C(c3ccc(OC)cc3)=[N+]3C2=Nc2c(-c4ccc(CN(CC)CC)cc4)cc(-c4ccc(OC)cc4)n2[B-]3(F)F)cc1. The maximum absolute atomic E-state index is 18.0. The van der Waals surface area contributed by atoms with Gasteiger partial charge in [-0.2, -0.15) is 0 Å².